The molecule has 80 valence electrons. The number of benzene rings is 1. The van der Waals surface area contributed by atoms with Crippen LogP contribution in [0.5, 0.6) is 0 Å². The van der Waals surface area contributed by atoms with E-state index in [9.17, 15) is 9.59 Å². The topological polar surface area (TPSA) is 37.4 Å². The molecule has 1 aromatic rings. The summed E-state index contributed by atoms with van der Waals surface area (Å²) < 4.78 is 0. The number of nitrogens with zero attached hydrogens (tertiary/aromatic N) is 1. The molecule has 0 bridgehead atoms. The Morgan fingerprint density at radius 1 is 0.938 bits per heavy atom. The molecule has 0 radical (unpaired) electrons. The summed E-state index contributed by atoms with van der Waals surface area (Å²) in [7, 11) is 1.86. The van der Waals surface area contributed by atoms with E-state index in [0.29, 0.717) is 0 Å². The molecule has 0 unspecified atom stereocenters. The zero-order chi connectivity index (χ0) is 11.5. The van der Waals surface area contributed by atoms with Crippen LogP contribution in [-0.4, -0.2) is 18.6 Å². The Labute approximate surface area is 93.7 Å². The number of allylic oxidation sites excluding steroid dienone is 3. The SMILES string of the molecule is CN(C1=CC(=O)C(=O)C=C1)c1ccccc1. The standard InChI is InChI=1S/C13H11NO2/c1-14(10-5-3-2-4-6-10)11-7-8-12(15)13(16)9-11/h2-9H,1H3. The zero-order valence-corrected chi connectivity index (χ0v) is 8.88. The van der Waals surface area contributed by atoms with Crippen molar-refractivity contribution in [2.24, 2.45) is 0 Å². The molecule has 2 rings (SSSR count). The largest absolute Gasteiger partial charge is 0.345 e. The van der Waals surface area contributed by atoms with Gasteiger partial charge in [0.05, 0.1) is 0 Å². The molecule has 0 atom stereocenters. The third kappa shape index (κ3) is 1.93. The highest BCUT2D eigenvalue weighted by atomic mass is 16.2. The molecule has 1 aromatic carbocycles. The van der Waals surface area contributed by atoms with Crippen LogP contribution in [0.2, 0.25) is 0 Å². The number of ketones is 2. The van der Waals surface area contributed by atoms with E-state index < -0.39 is 11.6 Å². The summed E-state index contributed by atoms with van der Waals surface area (Å²) in [5.41, 5.74) is 1.69. The molecule has 0 amide bonds. The fourth-order valence-electron chi connectivity index (χ4n) is 1.51. The van der Waals surface area contributed by atoms with E-state index in [1.54, 1.807) is 6.08 Å². The second-order valence-corrected chi connectivity index (χ2v) is 3.53. The van der Waals surface area contributed by atoms with E-state index in [0.717, 1.165) is 11.4 Å². The van der Waals surface area contributed by atoms with Gasteiger partial charge in [-0.3, -0.25) is 9.59 Å². The molecule has 0 heterocycles. The number of likely N-dealkylation sites (N-methyl/N-ethyl adjacent to an activating group) is 1. The Morgan fingerprint density at radius 3 is 2.25 bits per heavy atom. The predicted molar refractivity (Wildman–Crippen MR) is 62.1 cm³/mol. The first-order chi connectivity index (χ1) is 7.68. The van der Waals surface area contributed by atoms with Gasteiger partial charge in [-0.25, -0.2) is 0 Å². The number of hydrogen-bond donors (Lipinski definition) is 0. The van der Waals surface area contributed by atoms with Crippen molar-refractivity contribution in [3.8, 4) is 0 Å². The lowest BCUT2D eigenvalue weighted by Crippen LogP contribution is -2.21. The van der Waals surface area contributed by atoms with Gasteiger partial charge in [-0.2, -0.15) is 0 Å². The molecule has 0 fully saturated rings. The number of rotatable bonds is 2. The molecular weight excluding hydrogens is 202 g/mol. The Hall–Kier alpha value is -2.16. The molecular formula is C13H11NO2. The third-order valence-corrected chi connectivity index (χ3v) is 2.46. The van der Waals surface area contributed by atoms with Crippen LogP contribution in [0.1, 0.15) is 0 Å². The lowest BCUT2D eigenvalue weighted by molar-refractivity contribution is -0.131. The predicted octanol–water partition coefficient (Wildman–Crippen LogP) is 1.71. The van der Waals surface area contributed by atoms with Crippen LogP contribution < -0.4 is 4.90 Å². The molecule has 0 aromatic heterocycles. The fraction of sp³-hybridized carbons (Fsp3) is 0.0769. The molecule has 0 saturated carbocycles. The monoisotopic (exact) mass is 213 g/mol. The Balaban J connectivity index is 2.28. The second-order valence-electron chi connectivity index (χ2n) is 3.53. The van der Waals surface area contributed by atoms with Crippen molar-refractivity contribution in [3.05, 3.63) is 54.3 Å². The van der Waals surface area contributed by atoms with Crippen molar-refractivity contribution in [2.75, 3.05) is 11.9 Å². The van der Waals surface area contributed by atoms with Crippen molar-refractivity contribution in [2.45, 2.75) is 0 Å². The summed E-state index contributed by atoms with van der Waals surface area (Å²) in [5, 5.41) is 0. The smallest absolute Gasteiger partial charge is 0.227 e. The summed E-state index contributed by atoms with van der Waals surface area (Å²) in [6, 6.07) is 9.65. The summed E-state index contributed by atoms with van der Waals surface area (Å²) in [6.45, 7) is 0. The van der Waals surface area contributed by atoms with E-state index in [1.807, 2.05) is 42.3 Å². The van der Waals surface area contributed by atoms with Crippen LogP contribution in [0.3, 0.4) is 0 Å². The highest BCUT2D eigenvalue weighted by Crippen LogP contribution is 2.18. The zero-order valence-electron chi connectivity index (χ0n) is 8.88. The molecule has 1 aliphatic carbocycles. The molecule has 16 heavy (non-hydrogen) atoms. The molecule has 3 heteroatoms. The lowest BCUT2D eigenvalue weighted by Gasteiger charge is -2.21. The van der Waals surface area contributed by atoms with Crippen LogP contribution >= 0.6 is 0 Å². The maximum atomic E-state index is 11.2. The van der Waals surface area contributed by atoms with Crippen LogP contribution in [-0.2, 0) is 9.59 Å². The van der Waals surface area contributed by atoms with Crippen molar-refractivity contribution in [1.29, 1.82) is 0 Å². The lowest BCUT2D eigenvalue weighted by atomic mass is 10.1. The van der Waals surface area contributed by atoms with Gasteiger partial charge in [0, 0.05) is 24.5 Å². The maximum Gasteiger partial charge on any atom is 0.227 e. The molecule has 0 spiro atoms. The summed E-state index contributed by atoms with van der Waals surface area (Å²) >= 11 is 0. The van der Waals surface area contributed by atoms with E-state index in [1.165, 1.54) is 12.2 Å². The minimum atomic E-state index is -0.472. The minimum Gasteiger partial charge on any atom is -0.345 e. The van der Waals surface area contributed by atoms with Gasteiger partial charge < -0.3 is 4.90 Å². The average Bonchev–Trinajstić information content (AvgIpc) is 2.33. The Kier molecular flexibility index (Phi) is 2.68. The molecule has 1 aliphatic rings. The minimum absolute atomic E-state index is 0.467. The first-order valence-corrected chi connectivity index (χ1v) is 4.95. The first-order valence-electron chi connectivity index (χ1n) is 4.95. The van der Waals surface area contributed by atoms with E-state index in [-0.39, 0.29) is 0 Å². The van der Waals surface area contributed by atoms with Crippen molar-refractivity contribution >= 4 is 17.3 Å². The third-order valence-electron chi connectivity index (χ3n) is 2.46. The first kappa shape index (κ1) is 10.4. The maximum absolute atomic E-state index is 11.2. The highest BCUT2D eigenvalue weighted by Gasteiger charge is 2.15. The molecule has 0 saturated heterocycles. The fourth-order valence-corrected chi connectivity index (χ4v) is 1.51. The van der Waals surface area contributed by atoms with E-state index in [2.05, 4.69) is 0 Å². The van der Waals surface area contributed by atoms with Crippen molar-refractivity contribution in [3.63, 3.8) is 0 Å². The summed E-state index contributed by atoms with van der Waals surface area (Å²) in [6.07, 6.45) is 4.31. The average molecular weight is 213 g/mol. The number of anilines is 1. The number of hydrogen-bond acceptors (Lipinski definition) is 3. The molecule has 0 aliphatic heterocycles. The number of para-hydroxylation sites is 1. The number of carbonyl (C=O) groups is 2. The Bertz CT molecular complexity index is 486. The molecule has 3 nitrogen and oxygen atoms in total. The van der Waals surface area contributed by atoms with Crippen molar-refractivity contribution in [1.82, 2.24) is 0 Å². The summed E-state index contributed by atoms with van der Waals surface area (Å²) in [5.74, 6) is -0.939. The van der Waals surface area contributed by atoms with E-state index >= 15 is 0 Å². The van der Waals surface area contributed by atoms with Gasteiger partial charge in [0.2, 0.25) is 11.6 Å². The van der Waals surface area contributed by atoms with Crippen LogP contribution in [0.4, 0.5) is 5.69 Å². The number of carbonyl (C=O) groups excluding carboxylic acids is 2. The van der Waals surface area contributed by atoms with Crippen LogP contribution in [0.25, 0.3) is 0 Å². The van der Waals surface area contributed by atoms with Gasteiger partial charge in [0.1, 0.15) is 0 Å². The van der Waals surface area contributed by atoms with Gasteiger partial charge in [0.25, 0.3) is 0 Å². The quantitative estimate of drug-likeness (QED) is 0.554. The van der Waals surface area contributed by atoms with E-state index in [4.69, 9.17) is 0 Å². The van der Waals surface area contributed by atoms with Crippen molar-refractivity contribution < 1.29 is 9.59 Å². The second kappa shape index (κ2) is 4.14. The van der Waals surface area contributed by atoms with Crippen LogP contribution in [0.15, 0.2) is 54.3 Å². The molecule has 0 N–H and O–H groups in total. The Morgan fingerprint density at radius 2 is 1.62 bits per heavy atom. The van der Waals surface area contributed by atoms with Gasteiger partial charge in [-0.1, -0.05) is 18.2 Å². The van der Waals surface area contributed by atoms with Gasteiger partial charge in [0.15, 0.2) is 0 Å². The summed E-state index contributed by atoms with van der Waals surface area (Å²) in [4.78, 5) is 24.1. The van der Waals surface area contributed by atoms with Gasteiger partial charge in [-0.15, -0.1) is 0 Å². The van der Waals surface area contributed by atoms with Crippen LogP contribution in [0, 0.1) is 0 Å². The van der Waals surface area contributed by atoms with Gasteiger partial charge in [-0.05, 0) is 24.3 Å². The highest BCUT2D eigenvalue weighted by molar-refractivity contribution is 6.46. The normalized spacial score (nSPS) is 14.9. The van der Waals surface area contributed by atoms with Gasteiger partial charge >= 0.3 is 0 Å².